The summed E-state index contributed by atoms with van der Waals surface area (Å²) in [6.45, 7) is 2.83. The fourth-order valence-corrected chi connectivity index (χ4v) is 2.00. The maximum atomic E-state index is 11.8. The second-order valence-electron chi connectivity index (χ2n) is 3.93. The van der Waals surface area contributed by atoms with Gasteiger partial charge in [0.25, 0.3) is 0 Å². The van der Waals surface area contributed by atoms with Gasteiger partial charge >= 0.3 is 0 Å². The molecule has 0 bridgehead atoms. The minimum absolute atomic E-state index is 0.210. The number of amides is 1. The molecule has 0 saturated carbocycles. The second kappa shape index (κ2) is 3.93. The number of nitrogens with zero attached hydrogens (tertiary/aromatic N) is 1. The average Bonchev–Trinajstić information content (AvgIpc) is 2.60. The summed E-state index contributed by atoms with van der Waals surface area (Å²) in [6, 6.07) is 5.81. The van der Waals surface area contributed by atoms with Crippen LogP contribution < -0.4 is 10.6 Å². The number of carbonyl (C=O) groups excluding carboxylic acids is 1. The fraction of sp³-hybridized carbons (Fsp3) is 0.417. The maximum absolute atomic E-state index is 11.8. The number of benzene rings is 1. The van der Waals surface area contributed by atoms with Gasteiger partial charge in [0.05, 0.1) is 0 Å². The predicted molar refractivity (Wildman–Crippen MR) is 61.8 cm³/mol. The lowest BCUT2D eigenvalue weighted by molar-refractivity contribution is -0.118. The second-order valence-corrected chi connectivity index (χ2v) is 3.93. The molecule has 0 spiro atoms. The van der Waals surface area contributed by atoms with Crippen LogP contribution in [0.15, 0.2) is 18.2 Å². The van der Waals surface area contributed by atoms with Crippen molar-refractivity contribution in [3.8, 4) is 0 Å². The third-order valence-corrected chi connectivity index (χ3v) is 2.77. The number of nitrogen functional groups attached to an aromatic ring is 1. The van der Waals surface area contributed by atoms with E-state index in [9.17, 15) is 4.79 Å². The van der Waals surface area contributed by atoms with Crippen molar-refractivity contribution < 1.29 is 4.79 Å². The molecule has 0 atom stereocenters. The molecule has 2 N–H and O–H groups in total. The lowest BCUT2D eigenvalue weighted by Gasteiger charge is -2.17. The molecule has 3 nitrogen and oxygen atoms in total. The quantitative estimate of drug-likeness (QED) is 0.748. The predicted octanol–water partition coefficient (Wildman–Crippen LogP) is 1.96. The Kier molecular flexibility index (Phi) is 2.62. The highest BCUT2D eigenvalue weighted by molar-refractivity contribution is 5.95. The molecule has 0 unspecified atom stereocenters. The summed E-state index contributed by atoms with van der Waals surface area (Å²) >= 11 is 0. The van der Waals surface area contributed by atoms with E-state index in [2.05, 4.69) is 0 Å². The lowest BCUT2D eigenvalue weighted by atomic mass is 10.1. The molecule has 15 heavy (non-hydrogen) atoms. The highest BCUT2D eigenvalue weighted by atomic mass is 16.2. The van der Waals surface area contributed by atoms with Gasteiger partial charge in [-0.25, -0.2) is 0 Å². The normalized spacial score (nSPS) is 14.1. The number of carbonyl (C=O) groups is 1. The number of nitrogens with two attached hydrogens (primary N) is 1. The number of fused-ring (bicyclic) bond motifs is 1. The molecule has 3 heteroatoms. The molecule has 2 rings (SSSR count). The lowest BCUT2D eigenvalue weighted by Crippen LogP contribution is -2.28. The van der Waals surface area contributed by atoms with Crippen molar-refractivity contribution in [3.63, 3.8) is 0 Å². The van der Waals surface area contributed by atoms with Gasteiger partial charge in [-0.3, -0.25) is 4.79 Å². The molecule has 0 fully saturated rings. The van der Waals surface area contributed by atoms with Gasteiger partial charge in [0.15, 0.2) is 0 Å². The van der Waals surface area contributed by atoms with Crippen LogP contribution in [0.25, 0.3) is 0 Å². The van der Waals surface area contributed by atoms with Crippen LogP contribution >= 0.6 is 0 Å². The van der Waals surface area contributed by atoms with E-state index in [1.807, 2.05) is 30.0 Å². The van der Waals surface area contributed by atoms with Gasteiger partial charge in [0.2, 0.25) is 5.91 Å². The standard InChI is InChI=1S/C12H16N2O/c1-2-3-12(15)14-7-6-9-4-5-10(13)8-11(9)14/h4-5,8H,2-3,6-7,13H2,1H3. The van der Waals surface area contributed by atoms with Crippen LogP contribution in [-0.4, -0.2) is 12.5 Å². The van der Waals surface area contributed by atoms with Gasteiger partial charge in [0.1, 0.15) is 0 Å². The molecule has 1 aromatic carbocycles. The number of anilines is 2. The van der Waals surface area contributed by atoms with Crippen LogP contribution in [-0.2, 0) is 11.2 Å². The summed E-state index contributed by atoms with van der Waals surface area (Å²) in [5.74, 6) is 0.210. The van der Waals surface area contributed by atoms with Gasteiger partial charge < -0.3 is 10.6 Å². The average molecular weight is 204 g/mol. The zero-order valence-electron chi connectivity index (χ0n) is 8.99. The fourth-order valence-electron chi connectivity index (χ4n) is 2.00. The van der Waals surface area contributed by atoms with Crippen LogP contribution in [0.5, 0.6) is 0 Å². The van der Waals surface area contributed by atoms with Gasteiger partial charge in [0, 0.05) is 24.3 Å². The minimum atomic E-state index is 0.210. The van der Waals surface area contributed by atoms with E-state index in [0.717, 1.165) is 30.8 Å². The van der Waals surface area contributed by atoms with Gasteiger partial charge in [-0.15, -0.1) is 0 Å². The topological polar surface area (TPSA) is 46.3 Å². The molecular weight excluding hydrogens is 188 g/mol. The summed E-state index contributed by atoms with van der Waals surface area (Å²) in [6.07, 6.45) is 2.46. The van der Waals surface area contributed by atoms with Gasteiger partial charge in [-0.05, 0) is 30.5 Å². The SMILES string of the molecule is CCCC(=O)N1CCc2ccc(N)cc21. The third-order valence-electron chi connectivity index (χ3n) is 2.77. The van der Waals surface area contributed by atoms with Crippen molar-refractivity contribution in [1.82, 2.24) is 0 Å². The Hall–Kier alpha value is -1.51. The molecule has 0 aliphatic carbocycles. The van der Waals surface area contributed by atoms with Gasteiger partial charge in [-0.1, -0.05) is 13.0 Å². The molecule has 1 heterocycles. The first-order chi connectivity index (χ1) is 7.22. The van der Waals surface area contributed by atoms with Crippen molar-refractivity contribution in [1.29, 1.82) is 0 Å². The van der Waals surface area contributed by atoms with Crippen molar-refractivity contribution in [2.24, 2.45) is 0 Å². The summed E-state index contributed by atoms with van der Waals surface area (Å²) in [5.41, 5.74) is 8.69. The minimum Gasteiger partial charge on any atom is -0.399 e. The van der Waals surface area contributed by atoms with E-state index >= 15 is 0 Å². The van der Waals surface area contributed by atoms with E-state index in [1.54, 1.807) is 0 Å². The first kappa shape index (κ1) is 10.0. The van der Waals surface area contributed by atoms with Gasteiger partial charge in [-0.2, -0.15) is 0 Å². The summed E-state index contributed by atoms with van der Waals surface area (Å²) in [4.78, 5) is 13.7. The first-order valence-electron chi connectivity index (χ1n) is 5.41. The third kappa shape index (κ3) is 1.82. The highest BCUT2D eigenvalue weighted by Gasteiger charge is 2.23. The smallest absolute Gasteiger partial charge is 0.226 e. The highest BCUT2D eigenvalue weighted by Crippen LogP contribution is 2.30. The Morgan fingerprint density at radius 2 is 2.33 bits per heavy atom. The molecule has 80 valence electrons. The van der Waals surface area contributed by atoms with E-state index in [4.69, 9.17) is 5.73 Å². The van der Waals surface area contributed by atoms with Crippen LogP contribution in [0, 0.1) is 0 Å². The molecule has 1 aromatic rings. The van der Waals surface area contributed by atoms with Crippen molar-refractivity contribution in [2.45, 2.75) is 26.2 Å². The van der Waals surface area contributed by atoms with E-state index in [-0.39, 0.29) is 5.91 Å². The number of rotatable bonds is 2. The molecule has 1 aliphatic rings. The Balaban J connectivity index is 2.27. The van der Waals surface area contributed by atoms with E-state index < -0.39 is 0 Å². The Labute approximate surface area is 89.9 Å². The number of hydrogen-bond acceptors (Lipinski definition) is 2. The molecule has 1 amide bonds. The maximum Gasteiger partial charge on any atom is 0.226 e. The molecular formula is C12H16N2O. The number of hydrogen-bond donors (Lipinski definition) is 1. The Morgan fingerprint density at radius 3 is 3.07 bits per heavy atom. The summed E-state index contributed by atoms with van der Waals surface area (Å²) in [5, 5.41) is 0. The van der Waals surface area contributed by atoms with E-state index in [1.165, 1.54) is 5.56 Å². The van der Waals surface area contributed by atoms with Crippen molar-refractivity contribution >= 4 is 17.3 Å². The molecule has 0 radical (unpaired) electrons. The van der Waals surface area contributed by atoms with Crippen LogP contribution in [0.1, 0.15) is 25.3 Å². The first-order valence-corrected chi connectivity index (χ1v) is 5.41. The molecule has 0 saturated heterocycles. The summed E-state index contributed by atoms with van der Waals surface area (Å²) < 4.78 is 0. The van der Waals surface area contributed by atoms with Crippen LogP contribution in [0.3, 0.4) is 0 Å². The van der Waals surface area contributed by atoms with Crippen molar-refractivity contribution in [3.05, 3.63) is 23.8 Å². The monoisotopic (exact) mass is 204 g/mol. The zero-order valence-corrected chi connectivity index (χ0v) is 8.99. The molecule has 0 aromatic heterocycles. The van der Waals surface area contributed by atoms with Crippen LogP contribution in [0.2, 0.25) is 0 Å². The van der Waals surface area contributed by atoms with Crippen molar-refractivity contribution in [2.75, 3.05) is 17.2 Å². The zero-order chi connectivity index (χ0) is 10.8. The Morgan fingerprint density at radius 1 is 1.53 bits per heavy atom. The van der Waals surface area contributed by atoms with Crippen LogP contribution in [0.4, 0.5) is 11.4 Å². The molecule has 1 aliphatic heterocycles. The largest absolute Gasteiger partial charge is 0.399 e. The Bertz CT molecular complexity index is 387. The summed E-state index contributed by atoms with van der Waals surface area (Å²) in [7, 11) is 0. The van der Waals surface area contributed by atoms with E-state index in [0.29, 0.717) is 6.42 Å².